The largest absolute Gasteiger partial charge is 0.353 e. The van der Waals surface area contributed by atoms with Crippen LogP contribution >= 0.6 is 11.6 Å². The Morgan fingerprint density at radius 1 is 1.42 bits per heavy atom. The first-order valence-electron chi connectivity index (χ1n) is 5.49. The minimum absolute atomic E-state index is 0.125. The zero-order chi connectivity index (χ0) is 13.8. The van der Waals surface area contributed by atoms with E-state index in [1.54, 1.807) is 18.1 Å². The highest BCUT2D eigenvalue weighted by molar-refractivity contribution is 6.33. The number of nitrogens with zero attached hydrogens (tertiary/aromatic N) is 4. The van der Waals surface area contributed by atoms with Crippen molar-refractivity contribution in [1.29, 1.82) is 0 Å². The lowest BCUT2D eigenvalue weighted by Gasteiger charge is -2.18. The van der Waals surface area contributed by atoms with Gasteiger partial charge in [0.1, 0.15) is 12.0 Å². The third kappa shape index (κ3) is 3.17. The number of hydrogen-bond acceptors (Lipinski definition) is 5. The maximum atomic E-state index is 10.6. The number of pyridine rings is 2. The van der Waals surface area contributed by atoms with Crippen LogP contribution in [0.4, 0.5) is 11.5 Å². The summed E-state index contributed by atoms with van der Waals surface area (Å²) in [4.78, 5) is 20.1. The summed E-state index contributed by atoms with van der Waals surface area (Å²) in [6.07, 6.45) is 2.89. The molecule has 0 bridgehead atoms. The van der Waals surface area contributed by atoms with E-state index in [-0.39, 0.29) is 10.7 Å². The lowest BCUT2D eigenvalue weighted by molar-refractivity contribution is -0.385. The monoisotopic (exact) mass is 278 g/mol. The van der Waals surface area contributed by atoms with E-state index < -0.39 is 4.92 Å². The van der Waals surface area contributed by atoms with E-state index in [9.17, 15) is 10.1 Å². The van der Waals surface area contributed by atoms with Gasteiger partial charge in [0.15, 0.2) is 0 Å². The highest BCUT2D eigenvalue weighted by Crippen LogP contribution is 2.26. The summed E-state index contributed by atoms with van der Waals surface area (Å²) in [7, 11) is 1.80. The van der Waals surface area contributed by atoms with Gasteiger partial charge in [-0.3, -0.25) is 15.1 Å². The zero-order valence-corrected chi connectivity index (χ0v) is 10.9. The number of halogens is 1. The van der Waals surface area contributed by atoms with Crippen LogP contribution in [0.3, 0.4) is 0 Å². The smallest absolute Gasteiger partial charge is 0.289 e. The first-order chi connectivity index (χ1) is 9.08. The fourth-order valence-corrected chi connectivity index (χ4v) is 1.92. The van der Waals surface area contributed by atoms with Gasteiger partial charge in [0.2, 0.25) is 0 Å². The Labute approximate surface area is 114 Å². The van der Waals surface area contributed by atoms with Crippen molar-refractivity contribution in [2.45, 2.75) is 6.54 Å². The first kappa shape index (κ1) is 13.2. The molecule has 0 N–H and O–H groups in total. The van der Waals surface area contributed by atoms with Crippen molar-refractivity contribution >= 4 is 23.1 Å². The van der Waals surface area contributed by atoms with Crippen LogP contribution in [-0.4, -0.2) is 21.9 Å². The van der Waals surface area contributed by atoms with Crippen LogP contribution in [0.25, 0.3) is 0 Å². The van der Waals surface area contributed by atoms with Gasteiger partial charge in [-0.05, 0) is 12.1 Å². The topological polar surface area (TPSA) is 72.2 Å². The predicted molar refractivity (Wildman–Crippen MR) is 72.2 cm³/mol. The summed E-state index contributed by atoms with van der Waals surface area (Å²) < 4.78 is 0. The molecule has 0 aliphatic carbocycles. The minimum atomic E-state index is -0.526. The Kier molecular flexibility index (Phi) is 3.91. The van der Waals surface area contributed by atoms with Gasteiger partial charge in [-0.1, -0.05) is 17.7 Å². The minimum Gasteiger partial charge on any atom is -0.353 e. The molecule has 0 fully saturated rings. The van der Waals surface area contributed by atoms with E-state index >= 15 is 0 Å². The van der Waals surface area contributed by atoms with E-state index in [2.05, 4.69) is 9.97 Å². The molecule has 0 atom stereocenters. The van der Waals surface area contributed by atoms with Gasteiger partial charge in [-0.15, -0.1) is 0 Å². The van der Waals surface area contributed by atoms with Crippen LogP contribution in [0.2, 0.25) is 5.02 Å². The molecule has 0 saturated heterocycles. The first-order valence-corrected chi connectivity index (χ1v) is 5.86. The zero-order valence-electron chi connectivity index (χ0n) is 10.2. The fourth-order valence-electron chi connectivity index (χ4n) is 1.61. The standard InChI is InChI=1S/C12H11ClN4O2/c1-16(8-9-4-2-3-5-14-9)12-11(13)6-10(7-15-12)17(18)19/h2-7H,8H2,1H3. The van der Waals surface area contributed by atoms with Crippen molar-refractivity contribution in [3.8, 4) is 0 Å². The fraction of sp³-hybridized carbons (Fsp3) is 0.167. The summed E-state index contributed by atoms with van der Waals surface area (Å²) >= 11 is 6.01. The van der Waals surface area contributed by atoms with E-state index in [1.807, 2.05) is 18.2 Å². The molecule has 98 valence electrons. The van der Waals surface area contributed by atoms with Crippen molar-refractivity contribution in [2.24, 2.45) is 0 Å². The van der Waals surface area contributed by atoms with Crippen molar-refractivity contribution in [2.75, 3.05) is 11.9 Å². The van der Waals surface area contributed by atoms with E-state index in [0.29, 0.717) is 12.4 Å². The van der Waals surface area contributed by atoms with Gasteiger partial charge in [0, 0.05) is 19.3 Å². The molecular formula is C12H11ClN4O2. The molecule has 2 aromatic rings. The Morgan fingerprint density at radius 3 is 2.79 bits per heavy atom. The van der Waals surface area contributed by atoms with Gasteiger partial charge < -0.3 is 4.90 Å². The van der Waals surface area contributed by atoms with Gasteiger partial charge in [-0.2, -0.15) is 0 Å². The van der Waals surface area contributed by atoms with Crippen LogP contribution in [0.5, 0.6) is 0 Å². The molecule has 0 saturated carbocycles. The molecule has 0 aliphatic heterocycles. The second kappa shape index (κ2) is 5.62. The van der Waals surface area contributed by atoms with E-state index in [1.165, 1.54) is 12.3 Å². The SMILES string of the molecule is CN(Cc1ccccn1)c1ncc([N+](=O)[O-])cc1Cl. The average Bonchev–Trinajstić information content (AvgIpc) is 2.39. The van der Waals surface area contributed by atoms with Gasteiger partial charge >= 0.3 is 0 Å². The molecule has 0 aromatic carbocycles. The Balaban J connectivity index is 2.20. The normalized spacial score (nSPS) is 10.2. The number of nitro groups is 1. The van der Waals surface area contributed by atoms with Crippen LogP contribution in [0, 0.1) is 10.1 Å². The maximum Gasteiger partial charge on any atom is 0.289 e. The Hall–Kier alpha value is -2.21. The second-order valence-corrected chi connectivity index (χ2v) is 4.34. The molecule has 0 aliphatic rings. The third-order valence-electron chi connectivity index (χ3n) is 2.51. The highest BCUT2D eigenvalue weighted by Gasteiger charge is 2.14. The number of hydrogen-bond donors (Lipinski definition) is 0. The van der Waals surface area contributed by atoms with Crippen LogP contribution in [-0.2, 0) is 6.54 Å². The molecule has 0 spiro atoms. The number of rotatable bonds is 4. The highest BCUT2D eigenvalue weighted by atomic mass is 35.5. The third-order valence-corrected chi connectivity index (χ3v) is 2.78. The van der Waals surface area contributed by atoms with Crippen molar-refractivity contribution in [3.63, 3.8) is 0 Å². The van der Waals surface area contributed by atoms with Crippen molar-refractivity contribution in [3.05, 3.63) is 57.5 Å². The van der Waals surface area contributed by atoms with Crippen LogP contribution in [0.1, 0.15) is 5.69 Å². The second-order valence-electron chi connectivity index (χ2n) is 3.93. The van der Waals surface area contributed by atoms with Gasteiger partial charge in [0.05, 0.1) is 22.2 Å². The van der Waals surface area contributed by atoms with Crippen LogP contribution < -0.4 is 4.90 Å². The summed E-state index contributed by atoms with van der Waals surface area (Å²) in [5.74, 6) is 0.484. The predicted octanol–water partition coefficient (Wildman–Crippen LogP) is 2.67. The average molecular weight is 279 g/mol. The number of aromatic nitrogens is 2. The Bertz CT molecular complexity index is 592. The quantitative estimate of drug-likeness (QED) is 0.635. The van der Waals surface area contributed by atoms with Gasteiger partial charge in [0.25, 0.3) is 5.69 Å². The molecule has 2 heterocycles. The molecule has 2 aromatic heterocycles. The van der Waals surface area contributed by atoms with Crippen molar-refractivity contribution < 1.29 is 4.92 Å². The van der Waals surface area contributed by atoms with Crippen LogP contribution in [0.15, 0.2) is 36.7 Å². The summed E-state index contributed by atoms with van der Waals surface area (Å²) in [6, 6.07) is 6.90. The summed E-state index contributed by atoms with van der Waals surface area (Å²) in [6.45, 7) is 0.519. The molecule has 0 amide bonds. The van der Waals surface area contributed by atoms with Crippen molar-refractivity contribution in [1.82, 2.24) is 9.97 Å². The molecule has 7 heteroatoms. The summed E-state index contributed by atoms with van der Waals surface area (Å²) in [5.41, 5.74) is 0.737. The molecule has 2 rings (SSSR count). The maximum absolute atomic E-state index is 10.6. The van der Waals surface area contributed by atoms with E-state index in [0.717, 1.165) is 5.69 Å². The van der Waals surface area contributed by atoms with E-state index in [4.69, 9.17) is 11.6 Å². The molecular weight excluding hydrogens is 268 g/mol. The molecule has 6 nitrogen and oxygen atoms in total. The molecule has 0 unspecified atom stereocenters. The molecule has 0 radical (unpaired) electrons. The summed E-state index contributed by atoms with van der Waals surface area (Å²) in [5, 5.41) is 10.9. The van der Waals surface area contributed by atoms with Gasteiger partial charge in [-0.25, -0.2) is 4.98 Å². The Morgan fingerprint density at radius 2 is 2.21 bits per heavy atom. The molecule has 19 heavy (non-hydrogen) atoms. The number of anilines is 1. The lowest BCUT2D eigenvalue weighted by atomic mass is 10.3. The lowest BCUT2D eigenvalue weighted by Crippen LogP contribution is -2.18.